The van der Waals surface area contributed by atoms with Crippen LogP contribution >= 0.6 is 0 Å². The number of benzene rings is 1. The number of hydrogen-bond acceptors (Lipinski definition) is 7. The number of aliphatic carboxylic acids is 1. The summed E-state index contributed by atoms with van der Waals surface area (Å²) in [5, 5.41) is 10.8. The molecule has 0 radical (unpaired) electrons. The minimum atomic E-state index is -1.16. The molecule has 0 fully saturated rings. The van der Waals surface area contributed by atoms with Crippen LogP contribution in [0.3, 0.4) is 0 Å². The Morgan fingerprint density at radius 1 is 0.920 bits per heavy atom. The van der Waals surface area contributed by atoms with Crippen molar-refractivity contribution < 1.29 is 38.5 Å². The third kappa shape index (κ3) is 9.18. The Labute approximate surface area is 143 Å². The number of rotatable bonds is 12. The van der Waals surface area contributed by atoms with E-state index in [4.69, 9.17) is 14.6 Å². The number of ether oxygens (including phenoxy) is 3. The van der Waals surface area contributed by atoms with E-state index in [-0.39, 0.29) is 38.5 Å². The third-order valence-electron chi connectivity index (χ3n) is 2.71. The van der Waals surface area contributed by atoms with Gasteiger partial charge in [0, 0.05) is 12.1 Å². The molecule has 0 aliphatic heterocycles. The number of carbonyl (C=O) groups excluding carboxylic acids is 3. The summed E-state index contributed by atoms with van der Waals surface area (Å²) in [6.07, 6.45) is 0. The number of nitrogens with one attached hydrogen (secondary N) is 1. The summed E-state index contributed by atoms with van der Waals surface area (Å²) in [5.41, 5.74) is 0.251. The van der Waals surface area contributed by atoms with Gasteiger partial charge in [0.25, 0.3) is 5.78 Å². The lowest BCUT2D eigenvalue weighted by Crippen LogP contribution is -2.31. The number of ketones is 1. The zero-order valence-corrected chi connectivity index (χ0v) is 13.4. The molecule has 2 N–H and O–H groups in total. The normalized spacial score (nSPS) is 10.1. The molecule has 1 aromatic carbocycles. The van der Waals surface area contributed by atoms with Crippen LogP contribution in [0.4, 0.5) is 0 Å². The van der Waals surface area contributed by atoms with Crippen molar-refractivity contribution in [1.82, 2.24) is 5.32 Å². The number of amides is 1. The van der Waals surface area contributed by atoms with Crippen LogP contribution in [0.5, 0.6) is 0 Å². The fourth-order valence-corrected chi connectivity index (χ4v) is 1.61. The van der Waals surface area contributed by atoms with E-state index in [0.29, 0.717) is 0 Å². The zero-order valence-electron chi connectivity index (χ0n) is 13.4. The molecule has 0 bridgehead atoms. The smallest absolute Gasteiger partial charge is 0.379 e. The van der Waals surface area contributed by atoms with E-state index in [9.17, 15) is 19.2 Å². The monoisotopic (exact) mass is 353 g/mol. The quantitative estimate of drug-likeness (QED) is 0.226. The summed E-state index contributed by atoms with van der Waals surface area (Å²) in [5.74, 6) is -3.31. The third-order valence-corrected chi connectivity index (χ3v) is 2.71. The van der Waals surface area contributed by atoms with Gasteiger partial charge < -0.3 is 24.6 Å². The Hall–Kier alpha value is -2.78. The molecular formula is C16H19NO8. The Bertz CT molecular complexity index is 587. The van der Waals surface area contributed by atoms with E-state index in [2.05, 4.69) is 10.1 Å². The Morgan fingerprint density at radius 3 is 2.32 bits per heavy atom. The fraction of sp³-hybridized carbons (Fsp3) is 0.375. The molecule has 9 heteroatoms. The van der Waals surface area contributed by atoms with Crippen molar-refractivity contribution in [1.29, 1.82) is 0 Å². The van der Waals surface area contributed by atoms with Crippen molar-refractivity contribution in [3.05, 3.63) is 35.9 Å². The first-order valence-corrected chi connectivity index (χ1v) is 7.41. The molecule has 9 nitrogen and oxygen atoms in total. The maximum absolute atomic E-state index is 11.7. The number of carboxylic acid groups (broad SMARTS) is 1. The molecule has 136 valence electrons. The second-order valence-electron chi connectivity index (χ2n) is 4.68. The van der Waals surface area contributed by atoms with E-state index in [1.807, 2.05) is 0 Å². The van der Waals surface area contributed by atoms with Crippen LogP contribution in [0.15, 0.2) is 30.3 Å². The highest BCUT2D eigenvalue weighted by molar-refractivity contribution is 6.40. The molecule has 1 amide bonds. The van der Waals surface area contributed by atoms with Crippen LogP contribution < -0.4 is 5.32 Å². The molecule has 1 aromatic rings. The van der Waals surface area contributed by atoms with E-state index in [1.54, 1.807) is 18.2 Å². The molecule has 25 heavy (non-hydrogen) atoms. The maximum atomic E-state index is 11.7. The molecule has 0 spiro atoms. The number of Topliss-reactive ketones (excluding diaryl/α,β-unsaturated/α-hetero) is 1. The van der Waals surface area contributed by atoms with Gasteiger partial charge in [0.05, 0.1) is 13.2 Å². The molecule has 0 aromatic heterocycles. The first kappa shape index (κ1) is 20.3. The van der Waals surface area contributed by atoms with Gasteiger partial charge in [-0.3, -0.25) is 9.59 Å². The molecule has 0 saturated heterocycles. The average Bonchev–Trinajstić information content (AvgIpc) is 2.60. The number of carboxylic acids is 1. The average molecular weight is 353 g/mol. The van der Waals surface area contributed by atoms with Crippen molar-refractivity contribution in [2.45, 2.75) is 0 Å². The number of esters is 1. The first-order chi connectivity index (χ1) is 12.0. The zero-order chi connectivity index (χ0) is 18.5. The van der Waals surface area contributed by atoms with Crippen LogP contribution in [0.2, 0.25) is 0 Å². The van der Waals surface area contributed by atoms with Gasteiger partial charge in [-0.25, -0.2) is 9.59 Å². The molecule has 1 rings (SSSR count). The predicted molar refractivity (Wildman–Crippen MR) is 84.0 cm³/mol. The molecule has 0 unspecified atom stereocenters. The van der Waals surface area contributed by atoms with Crippen LogP contribution in [0.25, 0.3) is 0 Å². The van der Waals surface area contributed by atoms with E-state index in [1.165, 1.54) is 12.1 Å². The van der Waals surface area contributed by atoms with E-state index in [0.717, 1.165) is 0 Å². The van der Waals surface area contributed by atoms with Gasteiger partial charge in [0.1, 0.15) is 19.8 Å². The minimum Gasteiger partial charge on any atom is -0.480 e. The van der Waals surface area contributed by atoms with Crippen molar-refractivity contribution in [2.24, 2.45) is 0 Å². The molecule has 0 saturated carbocycles. The molecule has 0 heterocycles. The summed E-state index contributed by atoms with van der Waals surface area (Å²) in [7, 11) is 0. The van der Waals surface area contributed by atoms with Gasteiger partial charge in [0.2, 0.25) is 5.91 Å². The fourth-order valence-electron chi connectivity index (χ4n) is 1.61. The summed E-state index contributed by atoms with van der Waals surface area (Å²) >= 11 is 0. The van der Waals surface area contributed by atoms with Crippen molar-refractivity contribution in [2.75, 3.05) is 39.6 Å². The Morgan fingerprint density at radius 2 is 1.64 bits per heavy atom. The van der Waals surface area contributed by atoms with Crippen LogP contribution in [0, 0.1) is 0 Å². The predicted octanol–water partition coefficient (Wildman–Crippen LogP) is -0.353. The van der Waals surface area contributed by atoms with Gasteiger partial charge in [0.15, 0.2) is 0 Å². The Balaban J connectivity index is 2.03. The van der Waals surface area contributed by atoms with Crippen LogP contribution in [0.1, 0.15) is 10.4 Å². The summed E-state index contributed by atoms with van der Waals surface area (Å²) in [6.45, 7) is -0.574. The van der Waals surface area contributed by atoms with Gasteiger partial charge in [-0.15, -0.1) is 0 Å². The van der Waals surface area contributed by atoms with Crippen molar-refractivity contribution in [3.8, 4) is 0 Å². The molecule has 0 aliphatic rings. The lowest BCUT2D eigenvalue weighted by Gasteiger charge is -2.07. The second-order valence-corrected chi connectivity index (χ2v) is 4.68. The molecular weight excluding hydrogens is 334 g/mol. The maximum Gasteiger partial charge on any atom is 0.379 e. The van der Waals surface area contributed by atoms with Gasteiger partial charge in [-0.05, 0) is 0 Å². The summed E-state index contributed by atoms with van der Waals surface area (Å²) < 4.78 is 14.5. The lowest BCUT2D eigenvalue weighted by molar-refractivity contribution is -0.143. The molecule has 0 atom stereocenters. The number of carbonyl (C=O) groups is 4. The first-order valence-electron chi connectivity index (χ1n) is 7.41. The van der Waals surface area contributed by atoms with Gasteiger partial charge in [-0.1, -0.05) is 30.3 Å². The highest BCUT2D eigenvalue weighted by atomic mass is 16.6. The van der Waals surface area contributed by atoms with Crippen molar-refractivity contribution >= 4 is 23.6 Å². The summed E-state index contributed by atoms with van der Waals surface area (Å²) in [4.78, 5) is 44.6. The highest BCUT2D eigenvalue weighted by Crippen LogP contribution is 2.01. The largest absolute Gasteiger partial charge is 0.480 e. The standard InChI is InChI=1S/C16H19NO8/c18-13(10-24-11-14(19)20)17-6-7-23-8-9-25-16(22)15(21)12-4-2-1-3-5-12/h1-5H,6-11H2,(H,17,18)(H,19,20). The van der Waals surface area contributed by atoms with Crippen LogP contribution in [-0.4, -0.2) is 68.3 Å². The minimum absolute atomic E-state index is 0.0686. The van der Waals surface area contributed by atoms with Crippen molar-refractivity contribution in [3.63, 3.8) is 0 Å². The SMILES string of the molecule is O=C(O)COCC(=O)NCCOCCOC(=O)C(=O)c1ccccc1. The topological polar surface area (TPSA) is 128 Å². The van der Waals surface area contributed by atoms with Gasteiger partial charge in [-0.2, -0.15) is 0 Å². The van der Waals surface area contributed by atoms with Crippen LogP contribution in [-0.2, 0) is 28.6 Å². The van der Waals surface area contributed by atoms with E-state index < -0.39 is 30.2 Å². The lowest BCUT2D eigenvalue weighted by atomic mass is 10.1. The highest BCUT2D eigenvalue weighted by Gasteiger charge is 2.17. The molecule has 0 aliphatic carbocycles. The Kier molecular flexibility index (Phi) is 9.49. The van der Waals surface area contributed by atoms with Gasteiger partial charge >= 0.3 is 11.9 Å². The second kappa shape index (κ2) is 11.7. The number of hydrogen-bond donors (Lipinski definition) is 2. The summed E-state index contributed by atoms with van der Waals surface area (Å²) in [6, 6.07) is 8.05. The van der Waals surface area contributed by atoms with E-state index >= 15 is 0 Å².